The molecule has 0 unspecified atom stereocenters. The first-order valence-corrected chi connectivity index (χ1v) is 2.59. The molecule has 0 saturated heterocycles. The maximum atomic E-state index is 3.95. The van der Waals surface area contributed by atoms with Gasteiger partial charge in [-0.1, -0.05) is 0 Å². The predicted octanol–water partition coefficient (Wildman–Crippen LogP) is 1.17. The maximum Gasteiger partial charge on any atom is 0.0520 e. The molecule has 8 heavy (non-hydrogen) atoms. The molecule has 0 saturated carbocycles. The summed E-state index contributed by atoms with van der Waals surface area (Å²) in [6.45, 7) is 3.89. The van der Waals surface area contributed by atoms with Gasteiger partial charge in [-0.05, 0) is 13.8 Å². The number of aliphatic imine (C=N–C) groups is 2. The van der Waals surface area contributed by atoms with Gasteiger partial charge in [0.15, 0.2) is 0 Å². The van der Waals surface area contributed by atoms with E-state index < -0.39 is 0 Å². The largest absolute Gasteiger partial charge is 0.292 e. The van der Waals surface area contributed by atoms with Crippen molar-refractivity contribution in [1.82, 2.24) is 0 Å². The minimum absolute atomic E-state index is 1.01. The van der Waals surface area contributed by atoms with E-state index in [4.69, 9.17) is 0 Å². The minimum Gasteiger partial charge on any atom is -0.292 e. The zero-order valence-corrected chi connectivity index (χ0v) is 5.89. The van der Waals surface area contributed by atoms with Crippen molar-refractivity contribution in [1.29, 1.82) is 0 Å². The normalized spacial score (nSPS) is 14.5. The van der Waals surface area contributed by atoms with Crippen molar-refractivity contribution in [3.8, 4) is 0 Å². The third-order valence-electron chi connectivity index (χ3n) is 1.19. The molecule has 0 N–H and O–H groups in total. The van der Waals surface area contributed by atoms with Crippen molar-refractivity contribution in [2.24, 2.45) is 9.98 Å². The minimum atomic E-state index is 1.01. The third-order valence-corrected chi connectivity index (χ3v) is 1.19. The van der Waals surface area contributed by atoms with E-state index in [1.807, 2.05) is 13.8 Å². The van der Waals surface area contributed by atoms with Crippen molar-refractivity contribution in [2.75, 3.05) is 14.1 Å². The molecule has 0 aliphatic heterocycles. The Kier molecular flexibility index (Phi) is 3.08. The smallest absolute Gasteiger partial charge is 0.0520 e. The molecule has 46 valence electrons. The summed E-state index contributed by atoms with van der Waals surface area (Å²) in [5.74, 6) is 0. The van der Waals surface area contributed by atoms with Crippen LogP contribution < -0.4 is 0 Å². The summed E-state index contributed by atoms with van der Waals surface area (Å²) in [6.07, 6.45) is 0. The second-order valence-corrected chi connectivity index (χ2v) is 1.62. The van der Waals surface area contributed by atoms with Gasteiger partial charge in [-0.25, -0.2) is 0 Å². The van der Waals surface area contributed by atoms with Gasteiger partial charge in [0.25, 0.3) is 0 Å². The Balaban J connectivity index is 4.04. The molecule has 0 spiro atoms. The predicted molar refractivity (Wildman–Crippen MR) is 38.1 cm³/mol. The second kappa shape index (κ2) is 3.36. The van der Waals surface area contributed by atoms with Crippen LogP contribution in [0, 0.1) is 0 Å². The van der Waals surface area contributed by atoms with Crippen LogP contribution in [0.15, 0.2) is 9.98 Å². The summed E-state index contributed by atoms with van der Waals surface area (Å²) in [6, 6.07) is 0. The Morgan fingerprint density at radius 2 is 1.12 bits per heavy atom. The van der Waals surface area contributed by atoms with Gasteiger partial charge in [0.1, 0.15) is 0 Å². The van der Waals surface area contributed by atoms with E-state index in [9.17, 15) is 0 Å². The fraction of sp³-hybridized carbons (Fsp3) is 0.667. The molecule has 0 heterocycles. The zero-order valence-electron chi connectivity index (χ0n) is 5.89. The summed E-state index contributed by atoms with van der Waals surface area (Å²) in [7, 11) is 3.54. The fourth-order valence-corrected chi connectivity index (χ4v) is 0.324. The van der Waals surface area contributed by atoms with Crippen molar-refractivity contribution < 1.29 is 0 Å². The Bertz CT molecular complexity index is 106. The summed E-state index contributed by atoms with van der Waals surface area (Å²) in [5.41, 5.74) is 2.01. The average Bonchev–Trinajstić information content (AvgIpc) is 1.84. The average molecular weight is 112 g/mol. The second-order valence-electron chi connectivity index (χ2n) is 1.62. The van der Waals surface area contributed by atoms with Crippen LogP contribution in [0.25, 0.3) is 0 Å². The highest BCUT2D eigenvalue weighted by molar-refractivity contribution is 6.40. The van der Waals surface area contributed by atoms with Crippen LogP contribution in [0.1, 0.15) is 13.8 Å². The molecule has 0 aliphatic carbocycles. The first-order valence-electron chi connectivity index (χ1n) is 2.59. The molecule has 0 atom stereocenters. The summed E-state index contributed by atoms with van der Waals surface area (Å²) in [5, 5.41) is 0. The monoisotopic (exact) mass is 112 g/mol. The molecule has 0 bridgehead atoms. The molecule has 0 fully saturated rings. The van der Waals surface area contributed by atoms with E-state index in [-0.39, 0.29) is 0 Å². The number of hydrogen-bond acceptors (Lipinski definition) is 2. The van der Waals surface area contributed by atoms with Gasteiger partial charge in [0, 0.05) is 14.1 Å². The van der Waals surface area contributed by atoms with Crippen LogP contribution in [-0.2, 0) is 0 Å². The van der Waals surface area contributed by atoms with Gasteiger partial charge < -0.3 is 0 Å². The Morgan fingerprint density at radius 1 is 0.875 bits per heavy atom. The van der Waals surface area contributed by atoms with Crippen molar-refractivity contribution in [3.63, 3.8) is 0 Å². The van der Waals surface area contributed by atoms with Crippen LogP contribution in [-0.4, -0.2) is 25.5 Å². The lowest BCUT2D eigenvalue weighted by Crippen LogP contribution is -2.03. The Labute approximate surface area is 50.4 Å². The van der Waals surface area contributed by atoms with Crippen LogP contribution in [0.2, 0.25) is 0 Å². The highest BCUT2D eigenvalue weighted by Gasteiger charge is 1.89. The lowest BCUT2D eigenvalue weighted by molar-refractivity contribution is 1.40. The van der Waals surface area contributed by atoms with E-state index in [0.717, 1.165) is 11.4 Å². The quantitative estimate of drug-likeness (QED) is 0.455. The van der Waals surface area contributed by atoms with Crippen LogP contribution in [0.3, 0.4) is 0 Å². The lowest BCUT2D eigenvalue weighted by Gasteiger charge is -1.92. The highest BCUT2D eigenvalue weighted by atomic mass is 14.7. The SMILES string of the molecule is CN=C(C)C(C)=NC. The number of rotatable bonds is 1. The molecule has 0 aliphatic rings. The fourth-order valence-electron chi connectivity index (χ4n) is 0.324. The van der Waals surface area contributed by atoms with Gasteiger partial charge in [-0.3, -0.25) is 9.98 Å². The summed E-state index contributed by atoms with van der Waals surface area (Å²) in [4.78, 5) is 7.89. The van der Waals surface area contributed by atoms with Gasteiger partial charge in [-0.15, -0.1) is 0 Å². The van der Waals surface area contributed by atoms with E-state index in [1.165, 1.54) is 0 Å². The molecule has 2 heteroatoms. The van der Waals surface area contributed by atoms with Crippen molar-refractivity contribution in [2.45, 2.75) is 13.8 Å². The molecule has 0 aromatic carbocycles. The maximum absolute atomic E-state index is 3.95. The topological polar surface area (TPSA) is 24.7 Å². The van der Waals surface area contributed by atoms with Crippen LogP contribution in [0.5, 0.6) is 0 Å². The van der Waals surface area contributed by atoms with Crippen LogP contribution >= 0.6 is 0 Å². The van der Waals surface area contributed by atoms with Crippen LogP contribution in [0.4, 0.5) is 0 Å². The zero-order chi connectivity index (χ0) is 6.57. The third kappa shape index (κ3) is 1.87. The van der Waals surface area contributed by atoms with Gasteiger partial charge in [0.05, 0.1) is 11.4 Å². The lowest BCUT2D eigenvalue weighted by atomic mass is 10.3. The first kappa shape index (κ1) is 7.34. The van der Waals surface area contributed by atoms with Gasteiger partial charge >= 0.3 is 0 Å². The Morgan fingerprint density at radius 3 is 1.25 bits per heavy atom. The molecule has 0 radical (unpaired) electrons. The molecule has 0 aromatic rings. The summed E-state index contributed by atoms with van der Waals surface area (Å²) < 4.78 is 0. The van der Waals surface area contributed by atoms with E-state index in [0.29, 0.717) is 0 Å². The molecular weight excluding hydrogens is 100 g/mol. The first-order chi connectivity index (χ1) is 3.72. The van der Waals surface area contributed by atoms with E-state index >= 15 is 0 Å². The van der Waals surface area contributed by atoms with Crippen molar-refractivity contribution in [3.05, 3.63) is 0 Å². The van der Waals surface area contributed by atoms with E-state index in [2.05, 4.69) is 9.98 Å². The standard InChI is InChI=1S/C6H12N2/c1-5(7-3)6(2)8-4/h1-4H3. The number of nitrogens with zero attached hydrogens (tertiary/aromatic N) is 2. The summed E-state index contributed by atoms with van der Waals surface area (Å²) >= 11 is 0. The number of hydrogen-bond donors (Lipinski definition) is 0. The molecule has 0 rings (SSSR count). The Hall–Kier alpha value is -0.660. The molecule has 0 amide bonds. The van der Waals surface area contributed by atoms with Gasteiger partial charge in [-0.2, -0.15) is 0 Å². The molecule has 0 aromatic heterocycles. The molecular formula is C6H12N2. The van der Waals surface area contributed by atoms with E-state index in [1.54, 1.807) is 14.1 Å². The molecule has 2 nitrogen and oxygen atoms in total. The highest BCUT2D eigenvalue weighted by Crippen LogP contribution is 1.79. The van der Waals surface area contributed by atoms with Gasteiger partial charge in [0.2, 0.25) is 0 Å². The van der Waals surface area contributed by atoms with Crippen molar-refractivity contribution >= 4 is 11.4 Å².